The second-order valence-electron chi connectivity index (χ2n) is 5.19. The number of ether oxygens (including phenoxy) is 1. The molecule has 8 heteroatoms. The molecule has 7 nitrogen and oxygen atoms in total. The number of hydrogen-bond acceptors (Lipinski definition) is 5. The highest BCUT2D eigenvalue weighted by atomic mass is 35.5. The number of urea groups is 1. The van der Waals surface area contributed by atoms with Crippen molar-refractivity contribution in [2.45, 2.75) is 6.54 Å². The van der Waals surface area contributed by atoms with Gasteiger partial charge in [-0.15, -0.1) is 0 Å². The summed E-state index contributed by atoms with van der Waals surface area (Å²) in [5.41, 5.74) is 0.868. The van der Waals surface area contributed by atoms with Crippen LogP contribution in [0.3, 0.4) is 0 Å². The molecular formula is C17H13ClN2O5. The molecule has 0 saturated carbocycles. The van der Waals surface area contributed by atoms with Crippen molar-refractivity contribution < 1.29 is 23.5 Å². The molecule has 1 aliphatic heterocycles. The van der Waals surface area contributed by atoms with Crippen LogP contribution >= 0.6 is 11.6 Å². The summed E-state index contributed by atoms with van der Waals surface area (Å²) in [5, 5.41) is 3.08. The van der Waals surface area contributed by atoms with Crippen molar-refractivity contribution in [1.82, 2.24) is 10.2 Å². The number of nitrogens with zero attached hydrogens (tertiary/aromatic N) is 1. The minimum atomic E-state index is -0.633. The van der Waals surface area contributed by atoms with E-state index in [4.69, 9.17) is 16.0 Å². The van der Waals surface area contributed by atoms with Gasteiger partial charge in [-0.3, -0.25) is 9.69 Å². The number of hydrogen-bond donors (Lipinski definition) is 1. The smallest absolute Gasteiger partial charge is 0.373 e. The number of imide groups is 1. The highest BCUT2D eigenvalue weighted by Crippen LogP contribution is 2.19. The van der Waals surface area contributed by atoms with Gasteiger partial charge in [0.05, 0.1) is 13.7 Å². The average molecular weight is 361 g/mol. The number of carbonyl (C=O) groups is 3. The molecule has 3 rings (SSSR count). The zero-order valence-corrected chi connectivity index (χ0v) is 13.9. The number of rotatable bonds is 4. The van der Waals surface area contributed by atoms with Crippen LogP contribution in [0, 0.1) is 0 Å². The van der Waals surface area contributed by atoms with E-state index in [1.807, 2.05) is 0 Å². The molecule has 3 amide bonds. The van der Waals surface area contributed by atoms with E-state index in [2.05, 4.69) is 10.1 Å². The van der Waals surface area contributed by atoms with Gasteiger partial charge in [-0.1, -0.05) is 23.7 Å². The first-order chi connectivity index (χ1) is 12.0. The molecule has 0 atom stereocenters. The Kier molecular flexibility index (Phi) is 4.58. The Bertz CT molecular complexity index is 869. The van der Waals surface area contributed by atoms with Gasteiger partial charge >= 0.3 is 12.0 Å². The maximum absolute atomic E-state index is 12.4. The van der Waals surface area contributed by atoms with Crippen molar-refractivity contribution >= 4 is 35.6 Å². The van der Waals surface area contributed by atoms with Crippen LogP contribution in [0.5, 0.6) is 0 Å². The van der Waals surface area contributed by atoms with Gasteiger partial charge in [0.15, 0.2) is 0 Å². The summed E-state index contributed by atoms with van der Waals surface area (Å²) in [6.45, 7) is -0.0976. The van der Waals surface area contributed by atoms with Gasteiger partial charge in [-0.25, -0.2) is 9.59 Å². The highest BCUT2D eigenvalue weighted by Gasteiger charge is 2.34. The number of furan rings is 1. The molecule has 1 saturated heterocycles. The van der Waals surface area contributed by atoms with Crippen molar-refractivity contribution in [2.75, 3.05) is 7.11 Å². The zero-order valence-electron chi connectivity index (χ0n) is 13.1. The lowest BCUT2D eigenvalue weighted by Gasteiger charge is -2.09. The number of benzene rings is 1. The molecule has 0 unspecified atom stereocenters. The number of carbonyl (C=O) groups excluding carboxylic acids is 3. The standard InChI is InChI=1S/C17H13ClN2O5/c1-24-16(22)14-7-6-12(25-14)9-20-15(21)13(19-17(20)23)8-10-2-4-11(18)5-3-10/h2-8H,9H2,1H3,(H,19,23)/b13-8-. The maximum Gasteiger partial charge on any atom is 0.373 e. The number of halogens is 1. The summed E-state index contributed by atoms with van der Waals surface area (Å²) in [7, 11) is 1.23. The summed E-state index contributed by atoms with van der Waals surface area (Å²) in [5.74, 6) is -0.833. The van der Waals surface area contributed by atoms with E-state index >= 15 is 0 Å². The third kappa shape index (κ3) is 3.56. The fraction of sp³-hybridized carbons (Fsp3) is 0.118. The Balaban J connectivity index is 1.76. The van der Waals surface area contributed by atoms with E-state index in [1.165, 1.54) is 19.2 Å². The largest absolute Gasteiger partial charge is 0.463 e. The molecule has 128 valence electrons. The van der Waals surface area contributed by atoms with E-state index in [0.29, 0.717) is 5.02 Å². The van der Waals surface area contributed by atoms with Crippen LogP contribution in [0.1, 0.15) is 21.9 Å². The van der Waals surface area contributed by atoms with E-state index < -0.39 is 17.9 Å². The van der Waals surface area contributed by atoms with Gasteiger partial charge in [-0.05, 0) is 35.9 Å². The van der Waals surface area contributed by atoms with Gasteiger partial charge in [0.2, 0.25) is 5.76 Å². The van der Waals surface area contributed by atoms with Crippen molar-refractivity contribution in [3.8, 4) is 0 Å². The molecule has 1 N–H and O–H groups in total. The van der Waals surface area contributed by atoms with Gasteiger partial charge in [0.25, 0.3) is 5.91 Å². The molecule has 2 heterocycles. The molecule has 1 aromatic heterocycles. The van der Waals surface area contributed by atoms with Crippen molar-refractivity contribution in [3.63, 3.8) is 0 Å². The second-order valence-corrected chi connectivity index (χ2v) is 5.62. The number of nitrogens with one attached hydrogen (secondary N) is 1. The van der Waals surface area contributed by atoms with Crippen molar-refractivity contribution in [1.29, 1.82) is 0 Å². The fourth-order valence-corrected chi connectivity index (χ4v) is 2.40. The third-order valence-corrected chi connectivity index (χ3v) is 3.76. The first-order valence-corrected chi connectivity index (χ1v) is 7.63. The number of amides is 3. The van der Waals surface area contributed by atoms with Crippen LogP contribution in [-0.2, 0) is 16.1 Å². The molecule has 1 fully saturated rings. The predicted octanol–water partition coefficient (Wildman–Crippen LogP) is 2.81. The van der Waals surface area contributed by atoms with Crippen molar-refractivity contribution in [2.24, 2.45) is 0 Å². The van der Waals surface area contributed by atoms with Crippen LogP contribution < -0.4 is 5.32 Å². The Morgan fingerprint density at radius 3 is 2.64 bits per heavy atom. The SMILES string of the molecule is COC(=O)c1ccc(CN2C(=O)N/C(=C\c3ccc(Cl)cc3)C2=O)o1. The number of methoxy groups -OCH3 is 1. The molecule has 0 radical (unpaired) electrons. The van der Waals surface area contributed by atoms with Crippen LogP contribution in [0.15, 0.2) is 46.5 Å². The molecule has 1 aromatic carbocycles. The molecule has 0 spiro atoms. The van der Waals surface area contributed by atoms with Crippen LogP contribution in [0.25, 0.3) is 6.08 Å². The molecular weight excluding hydrogens is 348 g/mol. The maximum atomic E-state index is 12.4. The lowest BCUT2D eigenvalue weighted by Crippen LogP contribution is -2.30. The predicted molar refractivity (Wildman–Crippen MR) is 88.6 cm³/mol. The van der Waals surface area contributed by atoms with E-state index in [9.17, 15) is 14.4 Å². The first kappa shape index (κ1) is 16.8. The van der Waals surface area contributed by atoms with Gasteiger partial charge in [-0.2, -0.15) is 0 Å². The van der Waals surface area contributed by atoms with Crippen LogP contribution in [0.2, 0.25) is 5.02 Å². The topological polar surface area (TPSA) is 88.9 Å². The molecule has 1 aliphatic rings. The first-order valence-electron chi connectivity index (χ1n) is 7.25. The molecule has 2 aromatic rings. The highest BCUT2D eigenvalue weighted by molar-refractivity contribution is 6.30. The number of esters is 1. The van der Waals surface area contributed by atoms with E-state index in [0.717, 1.165) is 10.5 Å². The zero-order chi connectivity index (χ0) is 18.0. The third-order valence-electron chi connectivity index (χ3n) is 3.51. The van der Waals surface area contributed by atoms with E-state index in [-0.39, 0.29) is 23.8 Å². The fourth-order valence-electron chi connectivity index (χ4n) is 2.27. The summed E-state index contributed by atoms with van der Waals surface area (Å²) >= 11 is 5.82. The quantitative estimate of drug-likeness (QED) is 0.514. The monoisotopic (exact) mass is 360 g/mol. The van der Waals surface area contributed by atoms with Gasteiger partial charge in [0, 0.05) is 5.02 Å². The lowest BCUT2D eigenvalue weighted by molar-refractivity contribution is -0.123. The summed E-state index contributed by atoms with van der Waals surface area (Å²) in [6, 6.07) is 9.19. The van der Waals surface area contributed by atoms with Crippen LogP contribution in [0.4, 0.5) is 4.79 Å². The van der Waals surface area contributed by atoms with Crippen LogP contribution in [-0.4, -0.2) is 29.9 Å². The Morgan fingerprint density at radius 2 is 1.96 bits per heavy atom. The van der Waals surface area contributed by atoms with Gasteiger partial charge < -0.3 is 14.5 Å². The normalized spacial score (nSPS) is 15.6. The minimum absolute atomic E-state index is 0.00137. The second kappa shape index (κ2) is 6.82. The molecule has 0 bridgehead atoms. The van der Waals surface area contributed by atoms with Gasteiger partial charge in [0.1, 0.15) is 11.5 Å². The molecule has 25 heavy (non-hydrogen) atoms. The van der Waals surface area contributed by atoms with Crippen molar-refractivity contribution in [3.05, 3.63) is 64.2 Å². The summed E-state index contributed by atoms with van der Waals surface area (Å²) in [4.78, 5) is 36.8. The Morgan fingerprint density at radius 1 is 1.24 bits per heavy atom. The molecule has 0 aliphatic carbocycles. The summed E-state index contributed by atoms with van der Waals surface area (Å²) < 4.78 is 9.82. The Labute approximate surface area is 147 Å². The minimum Gasteiger partial charge on any atom is -0.463 e. The Hall–Kier alpha value is -3.06. The summed E-state index contributed by atoms with van der Waals surface area (Å²) in [6.07, 6.45) is 1.55. The average Bonchev–Trinajstić information content (AvgIpc) is 3.17. The van der Waals surface area contributed by atoms with E-state index in [1.54, 1.807) is 30.3 Å². The lowest BCUT2D eigenvalue weighted by atomic mass is 10.2.